The Labute approximate surface area is 321 Å². The van der Waals surface area contributed by atoms with E-state index in [1.807, 2.05) is 12.1 Å². The number of hydrogen-bond acceptors (Lipinski definition) is 2. The van der Waals surface area contributed by atoms with Crippen molar-refractivity contribution in [1.29, 1.82) is 0 Å². The standard InChI is InChI=1S/C52H30N4/c1-2-15-33(16-3-1)55-47-27-26-31-14-4-5-17-34(31)48(47)43-30-40(36-19-7-9-22-39(36)50(43)55)32-28-41-35-18-6-8-21-38(35)49-52(54-45-24-12-11-23-44(45)53-49)56-46-25-13-10-20-37(46)42(29-32)51(41)56/h1-30H. The second kappa shape index (κ2) is 11.0. The summed E-state index contributed by atoms with van der Waals surface area (Å²) in [5.41, 5.74) is 14.3. The molecule has 1 aliphatic heterocycles. The van der Waals surface area contributed by atoms with E-state index in [-0.39, 0.29) is 0 Å². The molecule has 0 radical (unpaired) electrons. The van der Waals surface area contributed by atoms with E-state index in [1.165, 1.54) is 70.8 Å². The molecule has 0 aliphatic carbocycles. The van der Waals surface area contributed by atoms with Gasteiger partial charge in [0.2, 0.25) is 0 Å². The van der Waals surface area contributed by atoms with Gasteiger partial charge in [0.1, 0.15) is 5.69 Å². The van der Waals surface area contributed by atoms with Gasteiger partial charge in [-0.15, -0.1) is 0 Å². The van der Waals surface area contributed by atoms with Crippen molar-refractivity contribution >= 4 is 76.2 Å². The molecule has 3 aromatic heterocycles. The zero-order valence-electron chi connectivity index (χ0n) is 30.1. The molecule has 12 aromatic rings. The summed E-state index contributed by atoms with van der Waals surface area (Å²) in [5, 5.41) is 9.86. The van der Waals surface area contributed by atoms with Crippen LogP contribution >= 0.6 is 0 Å². The molecule has 0 unspecified atom stereocenters. The Morgan fingerprint density at radius 1 is 0.357 bits per heavy atom. The van der Waals surface area contributed by atoms with Gasteiger partial charge in [0, 0.05) is 43.7 Å². The van der Waals surface area contributed by atoms with Gasteiger partial charge in [0.25, 0.3) is 0 Å². The molecule has 1 aliphatic rings. The predicted molar refractivity (Wildman–Crippen MR) is 233 cm³/mol. The van der Waals surface area contributed by atoms with Gasteiger partial charge >= 0.3 is 0 Å². The highest BCUT2D eigenvalue weighted by Gasteiger charge is 2.28. The second-order valence-electron chi connectivity index (χ2n) is 14.9. The van der Waals surface area contributed by atoms with Gasteiger partial charge in [0.15, 0.2) is 5.82 Å². The fraction of sp³-hybridized carbons (Fsp3) is 0. The Balaban J connectivity index is 1.21. The van der Waals surface area contributed by atoms with Crippen molar-refractivity contribution in [1.82, 2.24) is 19.1 Å². The summed E-state index contributed by atoms with van der Waals surface area (Å²) >= 11 is 0. The molecule has 0 N–H and O–H groups in total. The van der Waals surface area contributed by atoms with Crippen LogP contribution in [0.2, 0.25) is 0 Å². The van der Waals surface area contributed by atoms with Crippen LogP contribution in [0.4, 0.5) is 0 Å². The van der Waals surface area contributed by atoms with E-state index >= 15 is 0 Å². The number of fused-ring (bicyclic) bond motifs is 16. The third kappa shape index (κ3) is 3.92. The van der Waals surface area contributed by atoms with Crippen LogP contribution in [-0.2, 0) is 0 Å². The normalized spacial score (nSPS) is 12.3. The lowest BCUT2D eigenvalue weighted by atomic mass is 9.90. The number of nitrogens with zero attached hydrogens (tertiary/aromatic N) is 4. The highest BCUT2D eigenvalue weighted by atomic mass is 15.1. The molecule has 0 bridgehead atoms. The Kier molecular flexibility index (Phi) is 5.86. The summed E-state index contributed by atoms with van der Waals surface area (Å²) in [4.78, 5) is 10.7. The van der Waals surface area contributed by atoms with Crippen LogP contribution in [0.3, 0.4) is 0 Å². The topological polar surface area (TPSA) is 35.6 Å². The minimum absolute atomic E-state index is 0.862. The molecular weight excluding hydrogens is 681 g/mol. The van der Waals surface area contributed by atoms with Gasteiger partial charge < -0.3 is 4.57 Å². The van der Waals surface area contributed by atoms with Crippen LogP contribution in [0, 0.1) is 0 Å². The lowest BCUT2D eigenvalue weighted by Gasteiger charge is -2.15. The third-order valence-corrected chi connectivity index (χ3v) is 12.0. The molecule has 0 spiro atoms. The molecule has 0 saturated carbocycles. The Bertz CT molecular complexity index is 3650. The first-order chi connectivity index (χ1) is 27.8. The van der Waals surface area contributed by atoms with Crippen LogP contribution in [0.15, 0.2) is 182 Å². The van der Waals surface area contributed by atoms with Crippen molar-refractivity contribution in [2.45, 2.75) is 0 Å². The van der Waals surface area contributed by atoms with Crippen molar-refractivity contribution in [2.75, 3.05) is 0 Å². The maximum absolute atomic E-state index is 5.36. The number of hydrogen-bond donors (Lipinski definition) is 0. The van der Waals surface area contributed by atoms with Gasteiger partial charge in [0.05, 0.1) is 33.1 Å². The van der Waals surface area contributed by atoms with Gasteiger partial charge in [-0.05, 0) is 87.4 Å². The Morgan fingerprint density at radius 2 is 1.04 bits per heavy atom. The lowest BCUT2D eigenvalue weighted by molar-refractivity contribution is 1.09. The summed E-state index contributed by atoms with van der Waals surface area (Å²) in [6.07, 6.45) is 0. The van der Waals surface area contributed by atoms with Crippen molar-refractivity contribution < 1.29 is 0 Å². The van der Waals surface area contributed by atoms with Crippen molar-refractivity contribution in [3.05, 3.63) is 182 Å². The molecule has 0 saturated heterocycles. The molecule has 4 nitrogen and oxygen atoms in total. The first-order valence-corrected chi connectivity index (χ1v) is 19.2. The van der Waals surface area contributed by atoms with Crippen molar-refractivity contribution in [2.24, 2.45) is 0 Å². The summed E-state index contributed by atoms with van der Waals surface area (Å²) in [6, 6.07) is 66.1. The zero-order valence-corrected chi connectivity index (χ0v) is 30.1. The molecule has 56 heavy (non-hydrogen) atoms. The summed E-state index contributed by atoms with van der Waals surface area (Å²) in [6.45, 7) is 0. The van der Waals surface area contributed by atoms with Crippen LogP contribution < -0.4 is 0 Å². The van der Waals surface area contributed by atoms with Gasteiger partial charge in [-0.1, -0.05) is 127 Å². The third-order valence-electron chi connectivity index (χ3n) is 12.0. The van der Waals surface area contributed by atoms with E-state index in [2.05, 4.69) is 179 Å². The average molecular weight is 711 g/mol. The van der Waals surface area contributed by atoms with E-state index in [9.17, 15) is 0 Å². The van der Waals surface area contributed by atoms with Gasteiger partial charge in [-0.25, -0.2) is 9.97 Å². The molecule has 0 fully saturated rings. The fourth-order valence-corrected chi connectivity index (χ4v) is 9.66. The van der Waals surface area contributed by atoms with Gasteiger partial charge in [-0.2, -0.15) is 0 Å². The van der Waals surface area contributed by atoms with Crippen LogP contribution in [0.25, 0.3) is 121 Å². The smallest absolute Gasteiger partial charge is 0.165 e. The van der Waals surface area contributed by atoms with Crippen LogP contribution in [-0.4, -0.2) is 19.1 Å². The highest BCUT2D eigenvalue weighted by molar-refractivity contribution is 6.28. The molecule has 0 amide bonds. The maximum atomic E-state index is 5.36. The average Bonchev–Trinajstić information content (AvgIpc) is 3.75. The number of rotatable bonds is 2. The Hall–Kier alpha value is -7.56. The Morgan fingerprint density at radius 3 is 1.89 bits per heavy atom. The molecule has 258 valence electrons. The van der Waals surface area contributed by atoms with E-state index in [0.29, 0.717) is 0 Å². The van der Waals surface area contributed by atoms with E-state index in [4.69, 9.17) is 9.97 Å². The van der Waals surface area contributed by atoms with Crippen LogP contribution in [0.5, 0.6) is 0 Å². The summed E-state index contributed by atoms with van der Waals surface area (Å²) < 4.78 is 4.82. The summed E-state index contributed by atoms with van der Waals surface area (Å²) in [7, 11) is 0. The largest absolute Gasteiger partial charge is 0.309 e. The lowest BCUT2D eigenvalue weighted by Crippen LogP contribution is -2.02. The minimum Gasteiger partial charge on any atom is -0.309 e. The predicted octanol–water partition coefficient (Wildman–Crippen LogP) is 13.4. The first-order valence-electron chi connectivity index (χ1n) is 19.2. The minimum atomic E-state index is 0.862. The number of benzene rings is 9. The zero-order chi connectivity index (χ0) is 36.5. The molecular formula is C52H30N4. The molecule has 0 atom stereocenters. The first kappa shape index (κ1) is 29.8. The monoisotopic (exact) mass is 710 g/mol. The molecule has 13 rings (SSSR count). The van der Waals surface area contributed by atoms with Crippen molar-refractivity contribution in [3.63, 3.8) is 0 Å². The quantitative estimate of drug-likeness (QED) is 0.179. The SMILES string of the molecule is c1ccc(-n2c3ccc4ccccc4c3c3cc(-c4cc5c6c(c4)c4ccccc4n6-c4nc6ccccc6nc4-c4ccccc4-5)c4ccccc4c32)cc1. The second-order valence-corrected chi connectivity index (χ2v) is 14.9. The maximum Gasteiger partial charge on any atom is 0.165 e. The summed E-state index contributed by atoms with van der Waals surface area (Å²) in [5.74, 6) is 0.862. The van der Waals surface area contributed by atoms with E-state index < -0.39 is 0 Å². The molecule has 9 aromatic carbocycles. The molecule has 4 heteroatoms. The van der Waals surface area contributed by atoms with Gasteiger partial charge in [-0.3, -0.25) is 4.57 Å². The van der Waals surface area contributed by atoms with E-state index in [0.717, 1.165) is 50.4 Å². The molecule has 4 heterocycles. The number of para-hydroxylation sites is 4. The fourth-order valence-electron chi connectivity index (χ4n) is 9.66. The van der Waals surface area contributed by atoms with Crippen LogP contribution in [0.1, 0.15) is 0 Å². The van der Waals surface area contributed by atoms with Crippen molar-refractivity contribution in [3.8, 4) is 45.0 Å². The highest BCUT2D eigenvalue weighted by Crippen LogP contribution is 2.49. The van der Waals surface area contributed by atoms with E-state index in [1.54, 1.807) is 0 Å². The number of aromatic nitrogens is 4.